The van der Waals surface area contributed by atoms with Crippen molar-refractivity contribution in [3.05, 3.63) is 0 Å². The van der Waals surface area contributed by atoms with Gasteiger partial charge in [-0.05, 0) is 18.8 Å². The molecule has 0 saturated heterocycles. The van der Waals surface area contributed by atoms with Crippen LogP contribution in [0.25, 0.3) is 0 Å². The molecule has 0 aromatic rings. The largest absolute Gasteiger partial charge is 0.480 e. The first-order chi connectivity index (χ1) is 5.93. The molecular formula is C8H14O4S. The van der Waals surface area contributed by atoms with Crippen molar-refractivity contribution in [3.63, 3.8) is 0 Å². The van der Waals surface area contributed by atoms with Gasteiger partial charge in [0.15, 0.2) is 15.1 Å². The highest BCUT2D eigenvalue weighted by Gasteiger charge is 2.37. The van der Waals surface area contributed by atoms with Gasteiger partial charge in [-0.15, -0.1) is 0 Å². The van der Waals surface area contributed by atoms with Gasteiger partial charge >= 0.3 is 5.97 Å². The molecule has 4 nitrogen and oxygen atoms in total. The maximum atomic E-state index is 11.2. The molecule has 13 heavy (non-hydrogen) atoms. The number of rotatable bonds is 3. The van der Waals surface area contributed by atoms with Crippen LogP contribution in [0.15, 0.2) is 0 Å². The van der Waals surface area contributed by atoms with E-state index >= 15 is 0 Å². The lowest BCUT2D eigenvalue weighted by molar-refractivity contribution is -0.137. The van der Waals surface area contributed by atoms with E-state index in [-0.39, 0.29) is 5.92 Å². The van der Waals surface area contributed by atoms with Crippen molar-refractivity contribution in [2.75, 3.05) is 6.26 Å². The Balaban J connectivity index is 2.85. The zero-order valence-corrected chi connectivity index (χ0v) is 8.38. The molecule has 0 aliphatic heterocycles. The van der Waals surface area contributed by atoms with Crippen molar-refractivity contribution in [1.29, 1.82) is 0 Å². The van der Waals surface area contributed by atoms with E-state index < -0.39 is 21.1 Å². The predicted octanol–water partition coefficient (Wildman–Crippen LogP) is 0.674. The fourth-order valence-electron chi connectivity index (χ4n) is 1.99. The van der Waals surface area contributed by atoms with Crippen LogP contribution in [0.4, 0.5) is 0 Å². The van der Waals surface area contributed by atoms with Gasteiger partial charge in [0.1, 0.15) is 0 Å². The van der Waals surface area contributed by atoms with Gasteiger partial charge in [-0.3, -0.25) is 4.79 Å². The van der Waals surface area contributed by atoms with E-state index in [4.69, 9.17) is 5.11 Å². The molecule has 0 amide bonds. The van der Waals surface area contributed by atoms with Gasteiger partial charge < -0.3 is 5.11 Å². The molecule has 0 aromatic heterocycles. The standard InChI is InChI=1S/C8H14O4S/c1-13(11,12)7(8(9)10)6-4-2-3-5-6/h6-7H,2-5H2,1H3,(H,9,10). The van der Waals surface area contributed by atoms with E-state index in [1.165, 1.54) is 0 Å². The van der Waals surface area contributed by atoms with E-state index in [1.807, 2.05) is 0 Å². The van der Waals surface area contributed by atoms with Crippen LogP contribution in [0.3, 0.4) is 0 Å². The van der Waals surface area contributed by atoms with Gasteiger partial charge in [-0.1, -0.05) is 12.8 Å². The van der Waals surface area contributed by atoms with E-state index in [9.17, 15) is 13.2 Å². The Morgan fingerprint density at radius 3 is 2.15 bits per heavy atom. The first-order valence-electron chi connectivity index (χ1n) is 4.34. The molecule has 1 fully saturated rings. The minimum Gasteiger partial charge on any atom is -0.480 e. The Hall–Kier alpha value is -0.580. The fourth-order valence-corrected chi connectivity index (χ4v) is 3.33. The summed E-state index contributed by atoms with van der Waals surface area (Å²) in [5.74, 6) is -1.37. The highest BCUT2D eigenvalue weighted by molar-refractivity contribution is 7.92. The number of hydrogen-bond donors (Lipinski definition) is 1. The first-order valence-corrected chi connectivity index (χ1v) is 6.30. The molecule has 0 heterocycles. The van der Waals surface area contributed by atoms with Crippen molar-refractivity contribution < 1.29 is 18.3 Å². The van der Waals surface area contributed by atoms with Gasteiger partial charge in [-0.25, -0.2) is 8.42 Å². The van der Waals surface area contributed by atoms with E-state index in [0.29, 0.717) is 0 Å². The summed E-state index contributed by atoms with van der Waals surface area (Å²) in [5, 5.41) is 7.60. The summed E-state index contributed by atoms with van der Waals surface area (Å²) in [6, 6.07) is 0. The molecule has 1 saturated carbocycles. The first kappa shape index (κ1) is 10.5. The fraction of sp³-hybridized carbons (Fsp3) is 0.875. The zero-order valence-electron chi connectivity index (χ0n) is 7.56. The molecule has 1 rings (SSSR count). The average molecular weight is 206 g/mol. The van der Waals surface area contributed by atoms with Gasteiger partial charge in [0.25, 0.3) is 0 Å². The van der Waals surface area contributed by atoms with E-state index in [2.05, 4.69) is 0 Å². The van der Waals surface area contributed by atoms with Gasteiger partial charge in [0.05, 0.1) is 0 Å². The molecule has 0 spiro atoms. The van der Waals surface area contributed by atoms with Crippen LogP contribution in [-0.2, 0) is 14.6 Å². The lowest BCUT2D eigenvalue weighted by Gasteiger charge is -2.16. The lowest BCUT2D eigenvalue weighted by Crippen LogP contribution is -2.35. The van der Waals surface area contributed by atoms with Crippen molar-refractivity contribution >= 4 is 15.8 Å². The maximum absolute atomic E-state index is 11.2. The molecule has 0 aromatic carbocycles. The topological polar surface area (TPSA) is 71.4 Å². The Kier molecular flexibility index (Phi) is 2.95. The van der Waals surface area contributed by atoms with Crippen LogP contribution in [0.1, 0.15) is 25.7 Å². The molecule has 1 unspecified atom stereocenters. The van der Waals surface area contributed by atoms with Crippen molar-refractivity contribution in [3.8, 4) is 0 Å². The zero-order chi connectivity index (χ0) is 10.1. The summed E-state index contributed by atoms with van der Waals surface area (Å²) in [6.07, 6.45) is 4.35. The summed E-state index contributed by atoms with van der Waals surface area (Å²) < 4.78 is 22.4. The number of aliphatic carboxylic acids is 1. The van der Waals surface area contributed by atoms with Crippen LogP contribution >= 0.6 is 0 Å². The van der Waals surface area contributed by atoms with Crippen molar-refractivity contribution in [1.82, 2.24) is 0 Å². The summed E-state index contributed by atoms with van der Waals surface area (Å²) in [6.45, 7) is 0. The van der Waals surface area contributed by atoms with Gasteiger partial charge in [0.2, 0.25) is 0 Å². The number of sulfone groups is 1. The van der Waals surface area contributed by atoms with Crippen LogP contribution in [0.2, 0.25) is 0 Å². The van der Waals surface area contributed by atoms with Crippen LogP contribution in [0.5, 0.6) is 0 Å². The van der Waals surface area contributed by atoms with Crippen molar-refractivity contribution in [2.24, 2.45) is 5.92 Å². The molecule has 1 atom stereocenters. The second-order valence-corrected chi connectivity index (χ2v) is 5.80. The maximum Gasteiger partial charge on any atom is 0.322 e. The van der Waals surface area contributed by atoms with Gasteiger partial charge in [-0.2, -0.15) is 0 Å². The number of hydrogen-bond acceptors (Lipinski definition) is 3. The Bertz CT molecular complexity index is 287. The monoisotopic (exact) mass is 206 g/mol. The third-order valence-electron chi connectivity index (χ3n) is 2.53. The summed E-state index contributed by atoms with van der Waals surface area (Å²) >= 11 is 0. The van der Waals surface area contributed by atoms with E-state index in [0.717, 1.165) is 31.9 Å². The molecule has 1 N–H and O–H groups in total. The second kappa shape index (κ2) is 3.65. The molecule has 1 aliphatic rings. The molecule has 0 radical (unpaired) electrons. The third-order valence-corrected chi connectivity index (χ3v) is 4.04. The number of carboxylic acids is 1. The molecule has 1 aliphatic carbocycles. The molecule has 76 valence electrons. The smallest absolute Gasteiger partial charge is 0.322 e. The molecular weight excluding hydrogens is 192 g/mol. The third kappa shape index (κ3) is 2.43. The minimum atomic E-state index is -3.45. The number of carbonyl (C=O) groups is 1. The van der Waals surface area contributed by atoms with Crippen LogP contribution < -0.4 is 0 Å². The van der Waals surface area contributed by atoms with Gasteiger partial charge in [0, 0.05) is 6.26 Å². The normalized spacial score (nSPS) is 21.6. The van der Waals surface area contributed by atoms with Crippen LogP contribution in [-0.4, -0.2) is 31.0 Å². The van der Waals surface area contributed by atoms with Crippen LogP contribution in [0, 0.1) is 5.92 Å². The quantitative estimate of drug-likeness (QED) is 0.736. The summed E-state index contributed by atoms with van der Waals surface area (Å²) in [4.78, 5) is 10.8. The minimum absolute atomic E-state index is 0.174. The average Bonchev–Trinajstić information content (AvgIpc) is 2.34. The number of carboxylic acid groups (broad SMARTS) is 1. The summed E-state index contributed by atoms with van der Waals surface area (Å²) in [5.41, 5.74) is 0. The second-order valence-electron chi connectivity index (χ2n) is 3.63. The molecule has 5 heteroatoms. The summed E-state index contributed by atoms with van der Waals surface area (Å²) in [7, 11) is -3.45. The predicted molar refractivity (Wildman–Crippen MR) is 48.2 cm³/mol. The highest BCUT2D eigenvalue weighted by Crippen LogP contribution is 2.30. The Morgan fingerprint density at radius 2 is 1.85 bits per heavy atom. The van der Waals surface area contributed by atoms with Crippen molar-refractivity contribution in [2.45, 2.75) is 30.9 Å². The highest BCUT2D eigenvalue weighted by atomic mass is 32.2. The Morgan fingerprint density at radius 1 is 1.38 bits per heavy atom. The lowest BCUT2D eigenvalue weighted by atomic mass is 10.0. The van der Waals surface area contributed by atoms with E-state index in [1.54, 1.807) is 0 Å². The molecule has 0 bridgehead atoms. The SMILES string of the molecule is CS(=O)(=O)C(C(=O)O)C1CCCC1. The Labute approximate surface area is 77.9 Å².